The molecule has 2 rings (SSSR count). The number of carbonyl (C=O) groups excluding carboxylic acids is 1. The zero-order valence-corrected chi connectivity index (χ0v) is 11.2. The summed E-state index contributed by atoms with van der Waals surface area (Å²) in [5, 5.41) is 0.611. The van der Waals surface area contributed by atoms with Gasteiger partial charge in [-0.25, -0.2) is 4.39 Å². The van der Waals surface area contributed by atoms with Gasteiger partial charge >= 0.3 is 0 Å². The molecule has 1 aromatic carbocycles. The lowest BCUT2D eigenvalue weighted by atomic mass is 10.1. The second-order valence-electron chi connectivity index (χ2n) is 4.47. The molecule has 1 aromatic rings. The first-order chi connectivity index (χ1) is 8.61. The third-order valence-electron chi connectivity index (χ3n) is 3.28. The van der Waals surface area contributed by atoms with Crippen molar-refractivity contribution in [3.05, 3.63) is 29.6 Å². The van der Waals surface area contributed by atoms with Crippen LogP contribution in [0.3, 0.4) is 0 Å². The summed E-state index contributed by atoms with van der Waals surface area (Å²) in [4.78, 5) is 13.9. The van der Waals surface area contributed by atoms with Crippen molar-refractivity contribution in [2.45, 2.75) is 18.1 Å². The maximum absolute atomic E-state index is 13.6. The standard InChI is InChI=1S/C13H17FN2OS/c1-18-10-4-6-16(7-5-10)13(17)11-8-9(15)2-3-12(11)14/h2-3,8,10H,4-7,15H2,1H3. The molecule has 0 atom stereocenters. The summed E-state index contributed by atoms with van der Waals surface area (Å²) < 4.78 is 13.6. The quantitative estimate of drug-likeness (QED) is 0.838. The Morgan fingerprint density at radius 1 is 1.44 bits per heavy atom. The van der Waals surface area contributed by atoms with Crippen LogP contribution in [0.15, 0.2) is 18.2 Å². The van der Waals surface area contributed by atoms with E-state index < -0.39 is 5.82 Å². The van der Waals surface area contributed by atoms with Gasteiger partial charge in [0.15, 0.2) is 0 Å². The van der Waals surface area contributed by atoms with E-state index in [1.54, 1.807) is 4.90 Å². The van der Waals surface area contributed by atoms with E-state index in [9.17, 15) is 9.18 Å². The molecule has 0 saturated carbocycles. The molecule has 5 heteroatoms. The van der Waals surface area contributed by atoms with E-state index in [4.69, 9.17) is 5.73 Å². The van der Waals surface area contributed by atoms with Crippen molar-refractivity contribution in [3.63, 3.8) is 0 Å². The predicted octanol–water partition coefficient (Wildman–Crippen LogP) is 2.38. The molecule has 3 nitrogen and oxygen atoms in total. The molecule has 1 aliphatic rings. The molecule has 0 aliphatic carbocycles. The van der Waals surface area contributed by atoms with Crippen LogP contribution < -0.4 is 5.73 Å². The minimum atomic E-state index is -0.499. The Balaban J connectivity index is 2.10. The highest BCUT2D eigenvalue weighted by Gasteiger charge is 2.24. The van der Waals surface area contributed by atoms with E-state index in [0.29, 0.717) is 24.0 Å². The van der Waals surface area contributed by atoms with Crippen molar-refractivity contribution in [1.82, 2.24) is 4.90 Å². The van der Waals surface area contributed by atoms with Gasteiger partial charge in [-0.1, -0.05) is 0 Å². The zero-order chi connectivity index (χ0) is 13.1. The molecule has 1 heterocycles. The first-order valence-electron chi connectivity index (χ1n) is 5.99. The molecule has 1 aliphatic heterocycles. The maximum atomic E-state index is 13.6. The van der Waals surface area contributed by atoms with Crippen molar-refractivity contribution in [3.8, 4) is 0 Å². The molecule has 1 saturated heterocycles. The minimum absolute atomic E-state index is 0.0811. The van der Waals surface area contributed by atoms with Crippen LogP contribution in [0.4, 0.5) is 10.1 Å². The van der Waals surface area contributed by atoms with Gasteiger partial charge in [0.25, 0.3) is 5.91 Å². The Bertz CT molecular complexity index is 445. The summed E-state index contributed by atoms with van der Waals surface area (Å²) in [6, 6.07) is 4.13. The number of thioether (sulfide) groups is 1. The summed E-state index contributed by atoms with van der Waals surface area (Å²) in [7, 11) is 0. The molecular weight excluding hydrogens is 251 g/mol. The molecule has 0 unspecified atom stereocenters. The monoisotopic (exact) mass is 268 g/mol. The Morgan fingerprint density at radius 2 is 2.11 bits per heavy atom. The number of benzene rings is 1. The van der Waals surface area contributed by atoms with E-state index in [0.717, 1.165) is 12.8 Å². The Kier molecular flexibility index (Phi) is 4.11. The second-order valence-corrected chi connectivity index (χ2v) is 5.60. The van der Waals surface area contributed by atoms with Gasteiger partial charge in [0.1, 0.15) is 5.82 Å². The molecule has 0 spiro atoms. The number of nitrogen functional groups attached to an aromatic ring is 1. The highest BCUT2D eigenvalue weighted by atomic mass is 32.2. The summed E-state index contributed by atoms with van der Waals surface area (Å²) in [6.07, 6.45) is 4.02. The number of anilines is 1. The number of piperidine rings is 1. The third kappa shape index (κ3) is 2.77. The van der Waals surface area contributed by atoms with E-state index in [1.807, 2.05) is 11.8 Å². The molecule has 0 radical (unpaired) electrons. The van der Waals surface area contributed by atoms with Gasteiger partial charge in [-0.2, -0.15) is 11.8 Å². The molecule has 2 N–H and O–H groups in total. The number of nitrogens with two attached hydrogens (primary N) is 1. The number of halogens is 1. The second kappa shape index (κ2) is 5.61. The first-order valence-corrected chi connectivity index (χ1v) is 7.27. The van der Waals surface area contributed by atoms with Crippen LogP contribution in [0.5, 0.6) is 0 Å². The Labute approximate surface area is 111 Å². The molecule has 18 heavy (non-hydrogen) atoms. The van der Waals surface area contributed by atoms with Crippen molar-refractivity contribution in [2.24, 2.45) is 0 Å². The van der Waals surface area contributed by atoms with Crippen LogP contribution in [-0.4, -0.2) is 35.4 Å². The molecule has 1 fully saturated rings. The number of hydrogen-bond donors (Lipinski definition) is 1. The van der Waals surface area contributed by atoms with Gasteiger partial charge in [0, 0.05) is 24.0 Å². The topological polar surface area (TPSA) is 46.3 Å². The minimum Gasteiger partial charge on any atom is -0.399 e. The van der Waals surface area contributed by atoms with Gasteiger partial charge in [0.2, 0.25) is 0 Å². The van der Waals surface area contributed by atoms with Crippen LogP contribution in [0.1, 0.15) is 23.2 Å². The highest BCUT2D eigenvalue weighted by molar-refractivity contribution is 7.99. The molecule has 0 bridgehead atoms. The van der Waals surface area contributed by atoms with Crippen molar-refractivity contribution in [2.75, 3.05) is 25.1 Å². The summed E-state index contributed by atoms with van der Waals surface area (Å²) in [5.74, 6) is -0.749. The van der Waals surface area contributed by atoms with Crippen LogP contribution in [0.2, 0.25) is 0 Å². The summed E-state index contributed by atoms with van der Waals surface area (Å²) in [6.45, 7) is 1.39. The Hall–Kier alpha value is -1.23. The average Bonchev–Trinajstić information content (AvgIpc) is 2.41. The fraction of sp³-hybridized carbons (Fsp3) is 0.462. The van der Waals surface area contributed by atoms with Crippen molar-refractivity contribution >= 4 is 23.4 Å². The average molecular weight is 268 g/mol. The fourth-order valence-corrected chi connectivity index (χ4v) is 2.85. The van der Waals surface area contributed by atoms with Crippen LogP contribution in [0.25, 0.3) is 0 Å². The fourth-order valence-electron chi connectivity index (χ4n) is 2.17. The number of amides is 1. The first kappa shape index (κ1) is 13.2. The number of rotatable bonds is 2. The third-order valence-corrected chi connectivity index (χ3v) is 4.42. The summed E-state index contributed by atoms with van der Waals surface area (Å²) in [5.41, 5.74) is 6.09. The molecule has 0 aromatic heterocycles. The largest absolute Gasteiger partial charge is 0.399 e. The van der Waals surface area contributed by atoms with E-state index in [-0.39, 0.29) is 11.5 Å². The zero-order valence-electron chi connectivity index (χ0n) is 10.4. The molecular formula is C13H17FN2OS. The van der Waals surface area contributed by atoms with E-state index in [2.05, 4.69) is 6.26 Å². The van der Waals surface area contributed by atoms with Crippen LogP contribution >= 0.6 is 11.8 Å². The van der Waals surface area contributed by atoms with Crippen molar-refractivity contribution in [1.29, 1.82) is 0 Å². The van der Waals surface area contributed by atoms with Crippen LogP contribution in [0, 0.1) is 5.82 Å². The lowest BCUT2D eigenvalue weighted by Crippen LogP contribution is -2.39. The Morgan fingerprint density at radius 3 is 2.72 bits per heavy atom. The highest BCUT2D eigenvalue weighted by Crippen LogP contribution is 2.23. The van der Waals surface area contributed by atoms with Gasteiger partial charge in [-0.3, -0.25) is 4.79 Å². The number of hydrogen-bond acceptors (Lipinski definition) is 3. The number of likely N-dealkylation sites (tertiary alicyclic amines) is 1. The number of carbonyl (C=O) groups is 1. The maximum Gasteiger partial charge on any atom is 0.256 e. The van der Waals surface area contributed by atoms with E-state index >= 15 is 0 Å². The SMILES string of the molecule is CSC1CCN(C(=O)c2cc(N)ccc2F)CC1. The smallest absolute Gasteiger partial charge is 0.256 e. The van der Waals surface area contributed by atoms with Gasteiger partial charge in [0.05, 0.1) is 5.56 Å². The number of nitrogens with zero attached hydrogens (tertiary/aromatic N) is 1. The summed E-state index contributed by atoms with van der Waals surface area (Å²) >= 11 is 1.83. The normalized spacial score (nSPS) is 16.9. The van der Waals surface area contributed by atoms with Gasteiger partial charge < -0.3 is 10.6 Å². The van der Waals surface area contributed by atoms with Gasteiger partial charge in [-0.05, 0) is 37.3 Å². The lowest BCUT2D eigenvalue weighted by Gasteiger charge is -2.31. The van der Waals surface area contributed by atoms with Crippen LogP contribution in [-0.2, 0) is 0 Å². The predicted molar refractivity (Wildman–Crippen MR) is 73.3 cm³/mol. The molecule has 98 valence electrons. The van der Waals surface area contributed by atoms with E-state index in [1.165, 1.54) is 18.2 Å². The van der Waals surface area contributed by atoms with Crippen molar-refractivity contribution < 1.29 is 9.18 Å². The lowest BCUT2D eigenvalue weighted by molar-refractivity contribution is 0.0723. The van der Waals surface area contributed by atoms with Gasteiger partial charge in [-0.15, -0.1) is 0 Å². The molecule has 1 amide bonds.